The van der Waals surface area contributed by atoms with Crippen LogP contribution in [0.15, 0.2) is 45.8 Å². The minimum Gasteiger partial charge on any atom is -0.493 e. The number of methoxy groups -OCH3 is 1. The standard InChI is InChI=1S/C22H21BrClNO3S2/c1-3-4-9-25-21(26)20(30-22(25)29)11-15-10-18(27-2)19(12-16(15)23)28-13-14-7-5-6-8-17(14)24/h5-8,10-12H,3-4,9,13H2,1-2H3. The van der Waals surface area contributed by atoms with Gasteiger partial charge in [-0.3, -0.25) is 9.69 Å². The van der Waals surface area contributed by atoms with Crippen molar-refractivity contribution in [2.24, 2.45) is 0 Å². The Labute approximate surface area is 199 Å². The number of nitrogens with zero attached hydrogens (tertiary/aromatic N) is 1. The van der Waals surface area contributed by atoms with E-state index in [9.17, 15) is 4.79 Å². The van der Waals surface area contributed by atoms with E-state index in [1.54, 1.807) is 12.0 Å². The molecule has 1 aliphatic heterocycles. The molecule has 1 aliphatic rings. The van der Waals surface area contributed by atoms with Gasteiger partial charge in [0.05, 0.1) is 12.0 Å². The monoisotopic (exact) mass is 525 g/mol. The summed E-state index contributed by atoms with van der Waals surface area (Å²) in [5, 5.41) is 0.650. The molecule has 158 valence electrons. The van der Waals surface area contributed by atoms with Gasteiger partial charge in [-0.05, 0) is 36.3 Å². The zero-order valence-corrected chi connectivity index (χ0v) is 20.6. The molecular formula is C22H21BrClNO3S2. The lowest BCUT2D eigenvalue weighted by Gasteiger charge is -2.14. The third kappa shape index (κ3) is 5.38. The Morgan fingerprint density at radius 3 is 2.73 bits per heavy atom. The predicted molar refractivity (Wildman–Crippen MR) is 131 cm³/mol. The van der Waals surface area contributed by atoms with E-state index in [0.717, 1.165) is 28.4 Å². The minimum atomic E-state index is -0.0524. The SMILES string of the molecule is CCCCN1C(=O)C(=Cc2cc(OC)c(OCc3ccccc3Cl)cc2Br)SC1=S. The zero-order chi connectivity index (χ0) is 21.7. The number of halogens is 2. The number of amides is 1. The van der Waals surface area contributed by atoms with Crippen LogP contribution in [-0.2, 0) is 11.4 Å². The summed E-state index contributed by atoms with van der Waals surface area (Å²) >= 11 is 16.5. The van der Waals surface area contributed by atoms with E-state index in [0.29, 0.717) is 38.9 Å². The smallest absolute Gasteiger partial charge is 0.266 e. The Morgan fingerprint density at radius 2 is 2.03 bits per heavy atom. The molecule has 30 heavy (non-hydrogen) atoms. The highest BCUT2D eigenvalue weighted by Gasteiger charge is 2.31. The number of carbonyl (C=O) groups is 1. The lowest BCUT2D eigenvalue weighted by molar-refractivity contribution is -0.122. The molecule has 3 rings (SSSR count). The molecule has 1 heterocycles. The lowest BCUT2D eigenvalue weighted by Crippen LogP contribution is -2.28. The van der Waals surface area contributed by atoms with E-state index < -0.39 is 0 Å². The number of benzene rings is 2. The molecule has 0 aromatic heterocycles. The number of unbranched alkanes of at least 4 members (excludes halogenated alkanes) is 1. The Balaban J connectivity index is 1.82. The summed E-state index contributed by atoms with van der Waals surface area (Å²) in [7, 11) is 1.58. The highest BCUT2D eigenvalue weighted by Crippen LogP contribution is 2.38. The molecule has 4 nitrogen and oxygen atoms in total. The maximum Gasteiger partial charge on any atom is 0.266 e. The average Bonchev–Trinajstić information content (AvgIpc) is 3.00. The van der Waals surface area contributed by atoms with Crippen molar-refractivity contribution in [2.45, 2.75) is 26.4 Å². The van der Waals surface area contributed by atoms with Gasteiger partial charge in [0.2, 0.25) is 0 Å². The molecule has 0 bridgehead atoms. The Morgan fingerprint density at radius 1 is 1.27 bits per heavy atom. The van der Waals surface area contributed by atoms with Gasteiger partial charge in [0.15, 0.2) is 11.5 Å². The van der Waals surface area contributed by atoms with Crippen molar-refractivity contribution < 1.29 is 14.3 Å². The highest BCUT2D eigenvalue weighted by molar-refractivity contribution is 9.10. The van der Waals surface area contributed by atoms with Gasteiger partial charge in [-0.15, -0.1) is 0 Å². The molecule has 2 aromatic rings. The van der Waals surface area contributed by atoms with Crippen LogP contribution in [-0.4, -0.2) is 28.8 Å². The number of carbonyl (C=O) groups excluding carboxylic acids is 1. The number of thioether (sulfide) groups is 1. The predicted octanol–water partition coefficient (Wildman–Crippen LogP) is 6.69. The molecule has 0 saturated carbocycles. The zero-order valence-electron chi connectivity index (χ0n) is 16.6. The maximum absolute atomic E-state index is 12.7. The summed E-state index contributed by atoms with van der Waals surface area (Å²) in [6.45, 7) is 3.06. The normalized spacial score (nSPS) is 15.2. The Kier molecular flexibility index (Phi) is 8.22. The first-order valence-corrected chi connectivity index (χ1v) is 11.8. The average molecular weight is 527 g/mol. The van der Waals surface area contributed by atoms with Crippen LogP contribution in [0.3, 0.4) is 0 Å². The number of ether oxygens (including phenoxy) is 2. The van der Waals surface area contributed by atoms with Crippen molar-refractivity contribution in [3.05, 3.63) is 61.9 Å². The first kappa shape index (κ1) is 23.1. The van der Waals surface area contributed by atoms with Crippen molar-refractivity contribution >= 4 is 67.8 Å². The van der Waals surface area contributed by atoms with E-state index in [1.807, 2.05) is 42.5 Å². The molecule has 1 saturated heterocycles. The third-order valence-electron chi connectivity index (χ3n) is 4.52. The van der Waals surface area contributed by atoms with E-state index in [1.165, 1.54) is 11.8 Å². The third-order valence-corrected chi connectivity index (χ3v) is 6.95. The van der Waals surface area contributed by atoms with Crippen LogP contribution >= 0.6 is 51.5 Å². The largest absolute Gasteiger partial charge is 0.493 e. The van der Waals surface area contributed by atoms with E-state index in [-0.39, 0.29) is 5.91 Å². The maximum atomic E-state index is 12.7. The molecule has 0 spiro atoms. The fourth-order valence-electron chi connectivity index (χ4n) is 2.85. The fraction of sp³-hybridized carbons (Fsp3) is 0.273. The first-order chi connectivity index (χ1) is 14.4. The van der Waals surface area contributed by atoms with Gasteiger partial charge in [0.25, 0.3) is 5.91 Å². The molecule has 0 unspecified atom stereocenters. The van der Waals surface area contributed by atoms with Crippen LogP contribution in [0.1, 0.15) is 30.9 Å². The summed E-state index contributed by atoms with van der Waals surface area (Å²) in [4.78, 5) is 15.0. The quantitative estimate of drug-likeness (QED) is 0.283. The fourth-order valence-corrected chi connectivity index (χ4v) is 4.78. The van der Waals surface area contributed by atoms with Crippen molar-refractivity contribution in [3.63, 3.8) is 0 Å². The molecule has 2 aromatic carbocycles. The van der Waals surface area contributed by atoms with Gasteiger partial charge >= 0.3 is 0 Å². The van der Waals surface area contributed by atoms with Crippen molar-refractivity contribution in [1.82, 2.24) is 4.90 Å². The van der Waals surface area contributed by atoms with E-state index in [2.05, 4.69) is 22.9 Å². The second-order valence-corrected chi connectivity index (χ2v) is 9.53. The first-order valence-electron chi connectivity index (χ1n) is 9.43. The summed E-state index contributed by atoms with van der Waals surface area (Å²) in [6, 6.07) is 11.2. The highest BCUT2D eigenvalue weighted by atomic mass is 79.9. The van der Waals surface area contributed by atoms with Crippen LogP contribution in [0.25, 0.3) is 6.08 Å². The molecule has 0 atom stereocenters. The van der Waals surface area contributed by atoms with Gasteiger partial charge in [-0.2, -0.15) is 0 Å². The second-order valence-electron chi connectivity index (χ2n) is 6.59. The topological polar surface area (TPSA) is 38.8 Å². The van der Waals surface area contributed by atoms with Crippen molar-refractivity contribution in [3.8, 4) is 11.5 Å². The molecule has 1 amide bonds. The van der Waals surface area contributed by atoms with Gasteiger partial charge in [0, 0.05) is 21.6 Å². The molecule has 0 radical (unpaired) electrons. The van der Waals surface area contributed by atoms with E-state index >= 15 is 0 Å². The van der Waals surface area contributed by atoms with Crippen LogP contribution in [0.4, 0.5) is 0 Å². The summed E-state index contributed by atoms with van der Waals surface area (Å²) in [5.74, 6) is 1.10. The van der Waals surface area contributed by atoms with Crippen LogP contribution in [0.5, 0.6) is 11.5 Å². The number of rotatable bonds is 8. The summed E-state index contributed by atoms with van der Waals surface area (Å²) in [5.41, 5.74) is 1.70. The van der Waals surface area contributed by atoms with Gasteiger partial charge in [-0.25, -0.2) is 0 Å². The molecule has 0 N–H and O–H groups in total. The number of hydrogen-bond donors (Lipinski definition) is 0. The summed E-state index contributed by atoms with van der Waals surface area (Å²) < 4.78 is 12.8. The Bertz CT molecular complexity index is 996. The molecule has 8 heteroatoms. The van der Waals surface area contributed by atoms with Gasteiger partial charge < -0.3 is 9.47 Å². The molecule has 1 fully saturated rings. The van der Waals surface area contributed by atoms with E-state index in [4.69, 9.17) is 33.3 Å². The van der Waals surface area contributed by atoms with Gasteiger partial charge in [0.1, 0.15) is 10.9 Å². The van der Waals surface area contributed by atoms with Crippen LogP contribution in [0, 0.1) is 0 Å². The molecule has 0 aliphatic carbocycles. The number of thiocarbonyl (C=S) groups is 1. The minimum absolute atomic E-state index is 0.0524. The van der Waals surface area contributed by atoms with Crippen molar-refractivity contribution in [1.29, 1.82) is 0 Å². The van der Waals surface area contributed by atoms with Crippen LogP contribution in [0.2, 0.25) is 5.02 Å². The second kappa shape index (κ2) is 10.7. The summed E-state index contributed by atoms with van der Waals surface area (Å²) in [6.07, 6.45) is 3.76. The number of hydrogen-bond acceptors (Lipinski definition) is 5. The van der Waals surface area contributed by atoms with Crippen molar-refractivity contribution in [2.75, 3.05) is 13.7 Å². The molecular weight excluding hydrogens is 506 g/mol. The van der Waals surface area contributed by atoms with Crippen LogP contribution < -0.4 is 9.47 Å². The van der Waals surface area contributed by atoms with Gasteiger partial charge in [-0.1, -0.05) is 83.1 Å². The lowest BCUT2D eigenvalue weighted by atomic mass is 10.1. The Hall–Kier alpha value is -1.54.